The molecule has 0 atom stereocenters. The zero-order chi connectivity index (χ0) is 17.6. The van der Waals surface area contributed by atoms with Gasteiger partial charge in [0.2, 0.25) is 15.9 Å². The molecule has 0 N–H and O–H groups in total. The SMILES string of the molecule is CCCCC(=O)N1CCCN(S(=O)(=O)Cc2ccccc2C)CC1. The zero-order valence-corrected chi connectivity index (χ0v) is 15.5. The number of aryl methyl sites for hydroxylation is 1. The Bertz CT molecular complexity index is 658. The second-order valence-electron chi connectivity index (χ2n) is 6.42. The lowest BCUT2D eigenvalue weighted by atomic mass is 10.1. The minimum atomic E-state index is -3.35. The fourth-order valence-electron chi connectivity index (χ4n) is 2.97. The fourth-order valence-corrected chi connectivity index (χ4v) is 4.63. The molecule has 1 fully saturated rings. The molecule has 1 heterocycles. The van der Waals surface area contributed by atoms with E-state index in [4.69, 9.17) is 0 Å². The highest BCUT2D eigenvalue weighted by atomic mass is 32.2. The van der Waals surface area contributed by atoms with Crippen molar-refractivity contribution in [2.24, 2.45) is 0 Å². The van der Waals surface area contributed by atoms with Gasteiger partial charge in [-0.15, -0.1) is 0 Å². The van der Waals surface area contributed by atoms with Crippen LogP contribution in [0, 0.1) is 6.92 Å². The van der Waals surface area contributed by atoms with Crippen LogP contribution in [0.4, 0.5) is 0 Å². The van der Waals surface area contributed by atoms with Crippen molar-refractivity contribution < 1.29 is 13.2 Å². The topological polar surface area (TPSA) is 57.7 Å². The van der Waals surface area contributed by atoms with Crippen LogP contribution in [0.5, 0.6) is 0 Å². The lowest BCUT2D eigenvalue weighted by Crippen LogP contribution is -2.37. The van der Waals surface area contributed by atoms with Gasteiger partial charge in [-0.3, -0.25) is 4.79 Å². The lowest BCUT2D eigenvalue weighted by molar-refractivity contribution is -0.131. The van der Waals surface area contributed by atoms with Gasteiger partial charge in [0, 0.05) is 32.6 Å². The van der Waals surface area contributed by atoms with Gasteiger partial charge in [0.15, 0.2) is 0 Å². The van der Waals surface area contributed by atoms with E-state index in [0.29, 0.717) is 39.0 Å². The first kappa shape index (κ1) is 18.9. The van der Waals surface area contributed by atoms with Crippen LogP contribution < -0.4 is 0 Å². The van der Waals surface area contributed by atoms with E-state index in [2.05, 4.69) is 6.92 Å². The number of nitrogens with zero attached hydrogens (tertiary/aromatic N) is 2. The molecule has 0 spiro atoms. The molecular weight excluding hydrogens is 324 g/mol. The summed E-state index contributed by atoms with van der Waals surface area (Å²) >= 11 is 0. The first-order chi connectivity index (χ1) is 11.4. The summed E-state index contributed by atoms with van der Waals surface area (Å²) in [5, 5.41) is 0. The van der Waals surface area contributed by atoms with Gasteiger partial charge in [-0.25, -0.2) is 8.42 Å². The summed E-state index contributed by atoms with van der Waals surface area (Å²) in [5.41, 5.74) is 1.84. The number of unbranched alkanes of at least 4 members (excludes halogenated alkanes) is 1. The number of hydrogen-bond donors (Lipinski definition) is 0. The number of benzene rings is 1. The summed E-state index contributed by atoms with van der Waals surface area (Å²) in [5.74, 6) is 0.179. The van der Waals surface area contributed by atoms with Crippen molar-refractivity contribution in [1.29, 1.82) is 0 Å². The van der Waals surface area contributed by atoms with Crippen LogP contribution in [-0.4, -0.2) is 49.7 Å². The van der Waals surface area contributed by atoms with Crippen molar-refractivity contribution in [1.82, 2.24) is 9.21 Å². The molecule has 0 aromatic heterocycles. The van der Waals surface area contributed by atoms with Crippen molar-refractivity contribution >= 4 is 15.9 Å². The number of carbonyl (C=O) groups is 1. The Morgan fingerprint density at radius 1 is 1.12 bits per heavy atom. The zero-order valence-electron chi connectivity index (χ0n) is 14.7. The second kappa shape index (κ2) is 8.62. The predicted molar refractivity (Wildman–Crippen MR) is 96.1 cm³/mol. The Balaban J connectivity index is 1.99. The fraction of sp³-hybridized carbons (Fsp3) is 0.611. The number of sulfonamides is 1. The molecule has 2 rings (SSSR count). The Labute approximate surface area is 145 Å². The molecule has 1 amide bonds. The van der Waals surface area contributed by atoms with Gasteiger partial charge < -0.3 is 4.90 Å². The van der Waals surface area contributed by atoms with E-state index >= 15 is 0 Å². The van der Waals surface area contributed by atoms with Gasteiger partial charge in [0.25, 0.3) is 0 Å². The van der Waals surface area contributed by atoms with Crippen molar-refractivity contribution in [2.45, 2.75) is 45.3 Å². The molecule has 0 unspecified atom stereocenters. The van der Waals surface area contributed by atoms with E-state index in [1.807, 2.05) is 36.1 Å². The third-order valence-electron chi connectivity index (χ3n) is 4.54. The molecule has 0 aliphatic carbocycles. The van der Waals surface area contributed by atoms with Crippen LogP contribution in [0.2, 0.25) is 0 Å². The summed E-state index contributed by atoms with van der Waals surface area (Å²) in [6, 6.07) is 7.58. The summed E-state index contributed by atoms with van der Waals surface area (Å²) < 4.78 is 27.0. The summed E-state index contributed by atoms with van der Waals surface area (Å²) in [6.45, 7) is 6.03. The van der Waals surface area contributed by atoms with E-state index in [1.54, 1.807) is 4.31 Å². The van der Waals surface area contributed by atoms with E-state index in [-0.39, 0.29) is 11.7 Å². The molecular formula is C18H28N2O3S. The number of rotatable bonds is 6. The number of amides is 1. The molecule has 6 heteroatoms. The van der Waals surface area contributed by atoms with Crippen LogP contribution in [0.25, 0.3) is 0 Å². The molecule has 0 saturated carbocycles. The van der Waals surface area contributed by atoms with Crippen LogP contribution in [-0.2, 0) is 20.6 Å². The molecule has 134 valence electrons. The Morgan fingerprint density at radius 2 is 1.88 bits per heavy atom. The van der Waals surface area contributed by atoms with Gasteiger partial charge >= 0.3 is 0 Å². The smallest absolute Gasteiger partial charge is 0.222 e. The number of hydrogen-bond acceptors (Lipinski definition) is 3. The van der Waals surface area contributed by atoms with E-state index in [9.17, 15) is 13.2 Å². The predicted octanol–water partition coefficient (Wildman–Crippen LogP) is 2.55. The normalized spacial score (nSPS) is 16.8. The monoisotopic (exact) mass is 352 g/mol. The molecule has 1 saturated heterocycles. The third kappa shape index (κ3) is 5.05. The summed E-state index contributed by atoms with van der Waals surface area (Å²) in [6.07, 6.45) is 3.15. The molecule has 1 aliphatic heterocycles. The van der Waals surface area contributed by atoms with Crippen LogP contribution >= 0.6 is 0 Å². The largest absolute Gasteiger partial charge is 0.341 e. The maximum absolute atomic E-state index is 12.7. The Morgan fingerprint density at radius 3 is 2.58 bits per heavy atom. The van der Waals surface area contributed by atoms with Gasteiger partial charge in [-0.1, -0.05) is 37.6 Å². The van der Waals surface area contributed by atoms with Gasteiger partial charge in [0.05, 0.1) is 5.75 Å². The van der Waals surface area contributed by atoms with E-state index < -0.39 is 10.0 Å². The maximum atomic E-state index is 12.7. The van der Waals surface area contributed by atoms with E-state index in [0.717, 1.165) is 24.0 Å². The minimum absolute atomic E-state index is 0.0312. The van der Waals surface area contributed by atoms with E-state index in [1.165, 1.54) is 0 Å². The lowest BCUT2D eigenvalue weighted by Gasteiger charge is -2.22. The van der Waals surface area contributed by atoms with Crippen molar-refractivity contribution in [3.8, 4) is 0 Å². The highest BCUT2D eigenvalue weighted by molar-refractivity contribution is 7.88. The first-order valence-corrected chi connectivity index (χ1v) is 10.3. The van der Waals surface area contributed by atoms with Crippen molar-refractivity contribution in [3.63, 3.8) is 0 Å². The first-order valence-electron chi connectivity index (χ1n) is 8.74. The quantitative estimate of drug-likeness (QED) is 0.790. The highest BCUT2D eigenvalue weighted by Gasteiger charge is 2.27. The van der Waals surface area contributed by atoms with Gasteiger partial charge in [-0.2, -0.15) is 4.31 Å². The van der Waals surface area contributed by atoms with Crippen LogP contribution in [0.3, 0.4) is 0 Å². The molecule has 1 aliphatic rings. The van der Waals surface area contributed by atoms with Gasteiger partial charge in [0.1, 0.15) is 0 Å². The molecule has 1 aromatic rings. The second-order valence-corrected chi connectivity index (χ2v) is 8.39. The Hall–Kier alpha value is -1.40. The average Bonchev–Trinajstić information content (AvgIpc) is 2.81. The summed E-state index contributed by atoms with van der Waals surface area (Å²) in [4.78, 5) is 14.0. The third-order valence-corrected chi connectivity index (χ3v) is 6.37. The molecule has 0 bridgehead atoms. The number of carbonyl (C=O) groups excluding carboxylic acids is 1. The molecule has 5 nitrogen and oxygen atoms in total. The van der Waals surface area contributed by atoms with Crippen LogP contribution in [0.1, 0.15) is 43.7 Å². The maximum Gasteiger partial charge on any atom is 0.222 e. The highest BCUT2D eigenvalue weighted by Crippen LogP contribution is 2.17. The molecule has 1 aromatic carbocycles. The minimum Gasteiger partial charge on any atom is -0.341 e. The van der Waals surface area contributed by atoms with Crippen LogP contribution in [0.15, 0.2) is 24.3 Å². The molecule has 0 radical (unpaired) electrons. The van der Waals surface area contributed by atoms with Crippen molar-refractivity contribution in [3.05, 3.63) is 35.4 Å². The standard InChI is InChI=1S/C18H28N2O3S/c1-3-4-10-18(21)19-11-7-12-20(14-13-19)24(22,23)15-17-9-6-5-8-16(17)2/h5-6,8-9H,3-4,7,10-15H2,1-2H3. The van der Waals surface area contributed by atoms with Crippen molar-refractivity contribution in [2.75, 3.05) is 26.2 Å². The van der Waals surface area contributed by atoms with Gasteiger partial charge in [-0.05, 0) is 30.9 Å². The summed E-state index contributed by atoms with van der Waals surface area (Å²) in [7, 11) is -3.35. The molecule has 24 heavy (non-hydrogen) atoms. The Kier molecular flexibility index (Phi) is 6.80. The average molecular weight is 353 g/mol.